The maximum Gasteiger partial charge on any atom is 0.338 e. The molecule has 0 radical (unpaired) electrons. The van der Waals surface area contributed by atoms with Crippen LogP contribution in [-0.2, 0) is 9.53 Å². The van der Waals surface area contributed by atoms with Crippen LogP contribution in [0.15, 0.2) is 41.6 Å². The van der Waals surface area contributed by atoms with E-state index in [1.807, 2.05) is 51.1 Å². The van der Waals surface area contributed by atoms with Crippen molar-refractivity contribution in [2.75, 3.05) is 6.61 Å². The monoisotopic (exact) mass is 304 g/mol. The average molecular weight is 304 g/mol. The number of thiocarbonyl (C=S) groups is 1. The van der Waals surface area contributed by atoms with Crippen LogP contribution in [0.1, 0.15) is 32.4 Å². The summed E-state index contributed by atoms with van der Waals surface area (Å²) in [6, 6.07) is 9.47. The van der Waals surface area contributed by atoms with Gasteiger partial charge in [0.25, 0.3) is 0 Å². The van der Waals surface area contributed by atoms with Crippen molar-refractivity contribution in [1.29, 1.82) is 0 Å². The first-order valence-electron chi connectivity index (χ1n) is 6.99. The first-order chi connectivity index (χ1) is 9.99. The summed E-state index contributed by atoms with van der Waals surface area (Å²) in [5.74, 6) is -0.00632. The summed E-state index contributed by atoms with van der Waals surface area (Å²) in [6.45, 7) is 6.27. The molecule has 2 N–H and O–H groups in total. The lowest BCUT2D eigenvalue weighted by Gasteiger charge is -2.30. The van der Waals surface area contributed by atoms with Gasteiger partial charge in [0.15, 0.2) is 5.11 Å². The van der Waals surface area contributed by atoms with Gasteiger partial charge in [0.1, 0.15) is 0 Å². The number of allylic oxidation sites excluding steroid dienone is 1. The molecular weight excluding hydrogens is 284 g/mol. The Labute approximate surface area is 130 Å². The summed E-state index contributed by atoms with van der Waals surface area (Å²) < 4.78 is 5.38. The second-order valence-electron chi connectivity index (χ2n) is 5.47. The van der Waals surface area contributed by atoms with E-state index in [1.54, 1.807) is 0 Å². The van der Waals surface area contributed by atoms with Crippen LogP contribution in [0.25, 0.3) is 0 Å². The van der Waals surface area contributed by atoms with Gasteiger partial charge >= 0.3 is 5.97 Å². The highest BCUT2D eigenvalue weighted by Gasteiger charge is 2.30. The van der Waals surface area contributed by atoms with Crippen LogP contribution in [0.3, 0.4) is 0 Å². The Morgan fingerprint density at radius 1 is 1.33 bits per heavy atom. The third kappa shape index (κ3) is 3.82. The number of nitrogens with one attached hydrogen (secondary N) is 2. The maximum atomic E-state index is 12.4. The second-order valence-corrected chi connectivity index (χ2v) is 5.88. The zero-order chi connectivity index (χ0) is 15.4. The molecule has 1 aliphatic rings. The minimum absolute atomic E-state index is 0.278. The number of ether oxygens (including phenoxy) is 1. The summed E-state index contributed by atoms with van der Waals surface area (Å²) in [6.07, 6.45) is 0. The standard InChI is InChI=1S/C16H20N2O2S/c1-10(2)9-20-15(19)13-11(3)17-16(21)18-14(13)12-7-5-4-6-8-12/h4-8,10,14H,9H2,1-3H3,(H2,17,18,21). The molecule has 0 saturated carbocycles. The predicted molar refractivity (Wildman–Crippen MR) is 86.5 cm³/mol. The lowest BCUT2D eigenvalue weighted by atomic mass is 9.96. The van der Waals surface area contributed by atoms with Crippen LogP contribution < -0.4 is 10.6 Å². The van der Waals surface area contributed by atoms with Gasteiger partial charge in [-0.1, -0.05) is 44.2 Å². The molecular formula is C16H20N2O2S. The number of hydrogen-bond acceptors (Lipinski definition) is 3. The van der Waals surface area contributed by atoms with E-state index in [9.17, 15) is 4.79 Å². The molecule has 0 fully saturated rings. The molecule has 1 atom stereocenters. The van der Waals surface area contributed by atoms with Gasteiger partial charge in [-0.25, -0.2) is 4.79 Å². The molecule has 1 unspecified atom stereocenters. The Kier molecular flexibility index (Phi) is 4.96. The summed E-state index contributed by atoms with van der Waals surface area (Å²) in [4.78, 5) is 12.4. The van der Waals surface area contributed by atoms with Crippen molar-refractivity contribution >= 4 is 23.3 Å². The van der Waals surface area contributed by atoms with Gasteiger partial charge in [0.05, 0.1) is 18.2 Å². The van der Waals surface area contributed by atoms with E-state index < -0.39 is 0 Å². The van der Waals surface area contributed by atoms with Crippen molar-refractivity contribution in [3.05, 3.63) is 47.2 Å². The van der Waals surface area contributed by atoms with Crippen LogP contribution in [0.4, 0.5) is 0 Å². The van der Waals surface area contributed by atoms with Crippen molar-refractivity contribution in [2.24, 2.45) is 5.92 Å². The third-order valence-corrected chi connectivity index (χ3v) is 3.39. The normalized spacial score (nSPS) is 18.3. The fourth-order valence-electron chi connectivity index (χ4n) is 2.18. The van der Waals surface area contributed by atoms with E-state index >= 15 is 0 Å². The van der Waals surface area contributed by atoms with Crippen LogP contribution >= 0.6 is 12.2 Å². The lowest BCUT2D eigenvalue weighted by Crippen LogP contribution is -2.45. The summed E-state index contributed by atoms with van der Waals surface area (Å²) in [5, 5.41) is 6.66. The number of hydrogen-bond donors (Lipinski definition) is 2. The number of rotatable bonds is 4. The van der Waals surface area contributed by atoms with Crippen molar-refractivity contribution < 1.29 is 9.53 Å². The smallest absolute Gasteiger partial charge is 0.338 e. The van der Waals surface area contributed by atoms with Gasteiger partial charge in [0.2, 0.25) is 0 Å². The highest BCUT2D eigenvalue weighted by atomic mass is 32.1. The van der Waals surface area contributed by atoms with Crippen LogP contribution in [0, 0.1) is 5.92 Å². The van der Waals surface area contributed by atoms with E-state index in [0.29, 0.717) is 23.2 Å². The Hall–Kier alpha value is -1.88. The van der Waals surface area contributed by atoms with Gasteiger partial charge in [-0.3, -0.25) is 0 Å². The second kappa shape index (κ2) is 6.72. The molecule has 0 bridgehead atoms. The van der Waals surface area contributed by atoms with Crippen LogP contribution in [-0.4, -0.2) is 17.7 Å². The van der Waals surface area contributed by atoms with Crippen molar-refractivity contribution in [2.45, 2.75) is 26.8 Å². The molecule has 2 rings (SSSR count). The van der Waals surface area contributed by atoms with Crippen molar-refractivity contribution in [3.63, 3.8) is 0 Å². The van der Waals surface area contributed by atoms with E-state index in [2.05, 4.69) is 10.6 Å². The molecule has 21 heavy (non-hydrogen) atoms. The molecule has 0 saturated heterocycles. The van der Waals surface area contributed by atoms with E-state index in [0.717, 1.165) is 11.3 Å². The van der Waals surface area contributed by atoms with Gasteiger partial charge in [-0.2, -0.15) is 0 Å². The van der Waals surface area contributed by atoms with E-state index in [4.69, 9.17) is 17.0 Å². The van der Waals surface area contributed by atoms with Gasteiger partial charge in [-0.05, 0) is 30.6 Å². The fourth-order valence-corrected chi connectivity index (χ4v) is 2.45. The van der Waals surface area contributed by atoms with Crippen molar-refractivity contribution in [3.8, 4) is 0 Å². The number of carbonyl (C=O) groups is 1. The molecule has 112 valence electrons. The van der Waals surface area contributed by atoms with E-state index in [1.165, 1.54) is 0 Å². The van der Waals surface area contributed by atoms with Crippen LogP contribution in [0.2, 0.25) is 0 Å². The number of esters is 1. The summed E-state index contributed by atoms with van der Waals surface area (Å²) in [5.41, 5.74) is 2.30. The highest BCUT2D eigenvalue weighted by Crippen LogP contribution is 2.27. The Balaban J connectivity index is 2.30. The SMILES string of the molecule is CC1=C(C(=O)OCC(C)C)C(c2ccccc2)NC(=S)N1. The number of benzene rings is 1. The minimum atomic E-state index is -0.308. The zero-order valence-electron chi connectivity index (χ0n) is 12.5. The van der Waals surface area contributed by atoms with Gasteiger partial charge < -0.3 is 15.4 Å². The minimum Gasteiger partial charge on any atom is -0.462 e. The molecule has 1 aliphatic heterocycles. The lowest BCUT2D eigenvalue weighted by molar-refractivity contribution is -0.140. The molecule has 4 nitrogen and oxygen atoms in total. The quantitative estimate of drug-likeness (QED) is 0.661. The summed E-state index contributed by atoms with van der Waals surface area (Å²) >= 11 is 5.20. The van der Waals surface area contributed by atoms with Gasteiger partial charge in [-0.15, -0.1) is 0 Å². The maximum absolute atomic E-state index is 12.4. The third-order valence-electron chi connectivity index (χ3n) is 3.17. The average Bonchev–Trinajstić information content (AvgIpc) is 2.45. The largest absolute Gasteiger partial charge is 0.462 e. The molecule has 1 heterocycles. The van der Waals surface area contributed by atoms with Crippen LogP contribution in [0.5, 0.6) is 0 Å². The molecule has 0 amide bonds. The molecule has 1 aromatic rings. The fraction of sp³-hybridized carbons (Fsp3) is 0.375. The van der Waals surface area contributed by atoms with E-state index in [-0.39, 0.29) is 12.0 Å². The topological polar surface area (TPSA) is 50.4 Å². The molecule has 0 aliphatic carbocycles. The predicted octanol–water partition coefficient (Wildman–Crippen LogP) is 2.68. The molecule has 5 heteroatoms. The molecule has 1 aromatic carbocycles. The van der Waals surface area contributed by atoms with Gasteiger partial charge in [0, 0.05) is 5.70 Å². The zero-order valence-corrected chi connectivity index (χ0v) is 13.3. The van der Waals surface area contributed by atoms with Crippen molar-refractivity contribution in [1.82, 2.24) is 10.6 Å². The Morgan fingerprint density at radius 3 is 2.62 bits per heavy atom. The first kappa shape index (κ1) is 15.5. The summed E-state index contributed by atoms with van der Waals surface area (Å²) in [7, 11) is 0. The Morgan fingerprint density at radius 2 is 2.00 bits per heavy atom. The molecule has 0 aromatic heterocycles. The first-order valence-corrected chi connectivity index (χ1v) is 7.40. The Bertz CT molecular complexity index is 567. The highest BCUT2D eigenvalue weighted by molar-refractivity contribution is 7.80. The number of carbonyl (C=O) groups excluding carboxylic acids is 1. The molecule has 0 spiro atoms.